The van der Waals surface area contributed by atoms with E-state index in [0.29, 0.717) is 18.1 Å². The molecule has 1 aliphatic heterocycles. The van der Waals surface area contributed by atoms with E-state index in [1.54, 1.807) is 13.8 Å². The maximum absolute atomic E-state index is 12.6. The highest BCUT2D eigenvalue weighted by atomic mass is 16.5. The van der Waals surface area contributed by atoms with Crippen LogP contribution in [0.2, 0.25) is 0 Å². The first kappa shape index (κ1) is 19.4. The summed E-state index contributed by atoms with van der Waals surface area (Å²) in [6.07, 6.45) is 2.34. The minimum absolute atomic E-state index is 0.144. The quantitative estimate of drug-likeness (QED) is 0.805. The van der Waals surface area contributed by atoms with Crippen LogP contribution in [0.4, 0.5) is 0 Å². The average molecular weight is 346 g/mol. The molecule has 138 valence electrons. The third kappa shape index (κ3) is 5.30. The summed E-state index contributed by atoms with van der Waals surface area (Å²) >= 11 is 0. The molecule has 2 rings (SSSR count). The van der Waals surface area contributed by atoms with Gasteiger partial charge in [-0.15, -0.1) is 0 Å². The largest absolute Gasteiger partial charge is 0.466 e. The Labute approximate surface area is 150 Å². The zero-order valence-electron chi connectivity index (χ0n) is 15.7. The molecular weight excluding hydrogens is 316 g/mol. The molecule has 0 aliphatic carbocycles. The summed E-state index contributed by atoms with van der Waals surface area (Å²) in [5, 5.41) is 2.92. The summed E-state index contributed by atoms with van der Waals surface area (Å²) in [7, 11) is 2.14. The minimum atomic E-state index is -0.376. The monoisotopic (exact) mass is 346 g/mol. The van der Waals surface area contributed by atoms with Gasteiger partial charge in [0.1, 0.15) is 0 Å². The van der Waals surface area contributed by atoms with Crippen molar-refractivity contribution in [2.45, 2.75) is 45.6 Å². The van der Waals surface area contributed by atoms with Gasteiger partial charge in [-0.2, -0.15) is 0 Å². The van der Waals surface area contributed by atoms with Gasteiger partial charge in [-0.1, -0.05) is 12.1 Å². The van der Waals surface area contributed by atoms with Gasteiger partial charge >= 0.3 is 5.97 Å². The molecule has 3 atom stereocenters. The second-order valence-electron chi connectivity index (χ2n) is 7.03. The summed E-state index contributed by atoms with van der Waals surface area (Å²) in [5.41, 5.74) is 1.86. The van der Waals surface area contributed by atoms with Crippen molar-refractivity contribution < 1.29 is 14.3 Å². The lowest BCUT2D eigenvalue weighted by molar-refractivity contribution is -0.148. The predicted octanol–water partition coefficient (Wildman–Crippen LogP) is 2.81. The molecule has 0 aromatic heterocycles. The molecule has 1 aliphatic rings. The second kappa shape index (κ2) is 8.99. The zero-order valence-corrected chi connectivity index (χ0v) is 15.7. The molecule has 3 unspecified atom stereocenters. The highest BCUT2D eigenvalue weighted by Gasteiger charge is 2.24. The lowest BCUT2D eigenvalue weighted by atomic mass is 9.90. The highest BCUT2D eigenvalue weighted by molar-refractivity contribution is 5.94. The Balaban J connectivity index is 2.02. The maximum atomic E-state index is 12.6. The first-order chi connectivity index (χ1) is 11.9. The Hall–Kier alpha value is -1.88. The molecule has 0 radical (unpaired) electrons. The van der Waals surface area contributed by atoms with E-state index in [2.05, 4.69) is 23.3 Å². The third-order valence-corrected chi connectivity index (χ3v) is 5.01. The molecule has 5 nitrogen and oxygen atoms in total. The van der Waals surface area contributed by atoms with E-state index in [1.165, 1.54) is 12.0 Å². The van der Waals surface area contributed by atoms with Crippen molar-refractivity contribution in [1.82, 2.24) is 10.2 Å². The molecule has 25 heavy (non-hydrogen) atoms. The zero-order chi connectivity index (χ0) is 18.4. The number of hydrogen-bond acceptors (Lipinski definition) is 4. The standard InChI is InChI=1S/C20H30N2O3/c1-5-25-20(24)14(2)15(3)21-19(23)17-9-6-8-16(12-17)18-10-7-11-22(4)13-18/h6,8-9,12,14-15,18H,5,7,10-11,13H2,1-4H3,(H,21,23). The number of likely N-dealkylation sites (N-methyl/N-ethyl adjacent to an activating group) is 1. The van der Waals surface area contributed by atoms with E-state index in [0.717, 1.165) is 19.5 Å². The first-order valence-electron chi connectivity index (χ1n) is 9.18. The number of rotatable bonds is 6. The lowest BCUT2D eigenvalue weighted by Crippen LogP contribution is -2.40. The number of hydrogen-bond donors (Lipinski definition) is 1. The van der Waals surface area contributed by atoms with Crippen LogP contribution in [0.1, 0.15) is 55.5 Å². The van der Waals surface area contributed by atoms with Gasteiger partial charge in [-0.3, -0.25) is 9.59 Å². The number of ether oxygens (including phenoxy) is 1. The number of piperidine rings is 1. The van der Waals surface area contributed by atoms with Gasteiger partial charge in [0.15, 0.2) is 0 Å². The van der Waals surface area contributed by atoms with E-state index >= 15 is 0 Å². The van der Waals surface area contributed by atoms with Crippen molar-refractivity contribution in [2.24, 2.45) is 5.92 Å². The van der Waals surface area contributed by atoms with Gasteiger partial charge in [0.05, 0.1) is 12.5 Å². The summed E-state index contributed by atoms with van der Waals surface area (Å²) < 4.78 is 5.03. The van der Waals surface area contributed by atoms with E-state index in [4.69, 9.17) is 4.74 Å². The van der Waals surface area contributed by atoms with Crippen LogP contribution in [-0.4, -0.2) is 49.6 Å². The van der Waals surface area contributed by atoms with Crippen LogP contribution in [0.3, 0.4) is 0 Å². The predicted molar refractivity (Wildman–Crippen MR) is 98.6 cm³/mol. The number of likely N-dealkylation sites (tertiary alicyclic amines) is 1. The normalized spacial score (nSPS) is 20.6. The van der Waals surface area contributed by atoms with Crippen LogP contribution in [0.25, 0.3) is 0 Å². The van der Waals surface area contributed by atoms with Crippen molar-refractivity contribution in [2.75, 3.05) is 26.7 Å². The number of benzene rings is 1. The molecule has 1 saturated heterocycles. The van der Waals surface area contributed by atoms with Gasteiger partial charge in [0, 0.05) is 18.2 Å². The van der Waals surface area contributed by atoms with Crippen LogP contribution in [0, 0.1) is 5.92 Å². The summed E-state index contributed by atoms with van der Waals surface area (Å²) in [5.74, 6) is -0.328. The van der Waals surface area contributed by atoms with E-state index in [1.807, 2.05) is 25.1 Å². The van der Waals surface area contributed by atoms with Crippen LogP contribution < -0.4 is 5.32 Å². The van der Waals surface area contributed by atoms with Gasteiger partial charge < -0.3 is 15.0 Å². The first-order valence-corrected chi connectivity index (χ1v) is 9.18. The maximum Gasteiger partial charge on any atom is 0.310 e. The van der Waals surface area contributed by atoms with Crippen LogP contribution in [0.15, 0.2) is 24.3 Å². The van der Waals surface area contributed by atoms with Crippen molar-refractivity contribution in [3.8, 4) is 0 Å². The van der Waals surface area contributed by atoms with Gasteiger partial charge in [-0.25, -0.2) is 0 Å². The molecule has 1 aromatic rings. The average Bonchev–Trinajstić information content (AvgIpc) is 2.61. The van der Waals surface area contributed by atoms with Crippen molar-refractivity contribution in [1.29, 1.82) is 0 Å². The number of amides is 1. The SMILES string of the molecule is CCOC(=O)C(C)C(C)NC(=O)c1cccc(C2CCCN(C)C2)c1. The van der Waals surface area contributed by atoms with Crippen molar-refractivity contribution in [3.63, 3.8) is 0 Å². The molecular formula is C20H30N2O3. The number of carbonyl (C=O) groups excluding carboxylic acids is 2. The molecule has 1 heterocycles. The molecule has 1 aromatic carbocycles. The number of carbonyl (C=O) groups is 2. The molecule has 1 N–H and O–H groups in total. The number of nitrogens with one attached hydrogen (secondary N) is 1. The fourth-order valence-electron chi connectivity index (χ4n) is 3.27. The second-order valence-corrected chi connectivity index (χ2v) is 7.03. The highest BCUT2D eigenvalue weighted by Crippen LogP contribution is 2.26. The fraction of sp³-hybridized carbons (Fsp3) is 0.600. The number of esters is 1. The molecule has 1 fully saturated rings. The fourth-order valence-corrected chi connectivity index (χ4v) is 3.27. The van der Waals surface area contributed by atoms with Gasteiger partial charge in [0.25, 0.3) is 5.91 Å². The summed E-state index contributed by atoms with van der Waals surface area (Å²) in [6.45, 7) is 7.90. The molecule has 1 amide bonds. The smallest absolute Gasteiger partial charge is 0.310 e. The molecule has 0 bridgehead atoms. The summed E-state index contributed by atoms with van der Waals surface area (Å²) in [4.78, 5) is 26.7. The van der Waals surface area contributed by atoms with Crippen LogP contribution >= 0.6 is 0 Å². The number of nitrogens with zero attached hydrogens (tertiary/aromatic N) is 1. The third-order valence-electron chi connectivity index (χ3n) is 5.01. The van der Waals surface area contributed by atoms with Crippen molar-refractivity contribution in [3.05, 3.63) is 35.4 Å². The molecule has 0 spiro atoms. The van der Waals surface area contributed by atoms with E-state index in [-0.39, 0.29) is 23.8 Å². The van der Waals surface area contributed by atoms with E-state index in [9.17, 15) is 9.59 Å². The van der Waals surface area contributed by atoms with Crippen LogP contribution in [-0.2, 0) is 9.53 Å². The molecule has 0 saturated carbocycles. The summed E-state index contributed by atoms with van der Waals surface area (Å²) in [6, 6.07) is 7.58. The van der Waals surface area contributed by atoms with Crippen molar-refractivity contribution >= 4 is 11.9 Å². The van der Waals surface area contributed by atoms with E-state index < -0.39 is 0 Å². The minimum Gasteiger partial charge on any atom is -0.466 e. The van der Waals surface area contributed by atoms with Crippen LogP contribution in [0.5, 0.6) is 0 Å². The van der Waals surface area contributed by atoms with Gasteiger partial charge in [0.2, 0.25) is 0 Å². The Morgan fingerprint density at radius 1 is 1.36 bits per heavy atom. The molecule has 5 heteroatoms. The Bertz CT molecular complexity index is 602. The lowest BCUT2D eigenvalue weighted by Gasteiger charge is -2.30. The van der Waals surface area contributed by atoms with Gasteiger partial charge in [-0.05, 0) is 70.8 Å². The Morgan fingerprint density at radius 3 is 2.80 bits per heavy atom. The Kier molecular flexibility index (Phi) is 7.00. The topological polar surface area (TPSA) is 58.6 Å². The Morgan fingerprint density at radius 2 is 2.12 bits per heavy atom.